The van der Waals surface area contributed by atoms with Crippen LogP contribution in [0.5, 0.6) is 0 Å². The third-order valence-corrected chi connectivity index (χ3v) is 5.55. The number of hydrogen-bond donors (Lipinski definition) is 1. The van der Waals surface area contributed by atoms with Gasteiger partial charge in [0.05, 0.1) is 18.0 Å². The molecule has 1 saturated heterocycles. The molecule has 31 heavy (non-hydrogen) atoms. The molecule has 2 aromatic rings. The molecule has 0 saturated carbocycles. The number of benzene rings is 2. The van der Waals surface area contributed by atoms with Crippen LogP contribution in [0.2, 0.25) is 5.02 Å². The molecule has 3 amide bonds. The van der Waals surface area contributed by atoms with Gasteiger partial charge in [0.2, 0.25) is 11.8 Å². The summed E-state index contributed by atoms with van der Waals surface area (Å²) in [6.07, 6.45) is 0.125. The van der Waals surface area contributed by atoms with Gasteiger partial charge < -0.3 is 15.1 Å². The standard InChI is InChI=1S/C23H25ClFN3O3/c1-15-3-5-17(6-4-15)21(26-16(2)29)14-22(30)27-9-11-28(12-10-27)23(31)19-13-18(24)7-8-20(19)25/h3-8,13,21H,9-12,14H2,1-2H3,(H,26,29). The van der Waals surface area contributed by atoms with Gasteiger partial charge in [-0.1, -0.05) is 41.4 Å². The van der Waals surface area contributed by atoms with E-state index in [2.05, 4.69) is 5.32 Å². The van der Waals surface area contributed by atoms with E-state index in [0.717, 1.165) is 11.1 Å². The fourth-order valence-electron chi connectivity index (χ4n) is 3.59. The van der Waals surface area contributed by atoms with Crippen molar-refractivity contribution in [3.05, 3.63) is 70.0 Å². The fourth-order valence-corrected chi connectivity index (χ4v) is 3.76. The van der Waals surface area contributed by atoms with Crippen molar-refractivity contribution in [3.8, 4) is 0 Å². The Balaban J connectivity index is 1.62. The molecule has 6 nitrogen and oxygen atoms in total. The van der Waals surface area contributed by atoms with Crippen molar-refractivity contribution < 1.29 is 18.8 Å². The lowest BCUT2D eigenvalue weighted by Gasteiger charge is -2.35. The molecule has 1 fully saturated rings. The van der Waals surface area contributed by atoms with Gasteiger partial charge >= 0.3 is 0 Å². The van der Waals surface area contributed by atoms with Gasteiger partial charge in [0.1, 0.15) is 5.82 Å². The summed E-state index contributed by atoms with van der Waals surface area (Å²) in [5, 5.41) is 3.13. The predicted octanol–water partition coefficient (Wildman–Crippen LogP) is 3.34. The Morgan fingerprint density at radius 1 is 1.03 bits per heavy atom. The van der Waals surface area contributed by atoms with Gasteiger partial charge in [-0.15, -0.1) is 0 Å². The van der Waals surface area contributed by atoms with Crippen molar-refractivity contribution >= 4 is 29.3 Å². The predicted molar refractivity (Wildman–Crippen MR) is 116 cm³/mol. The number of aryl methyl sites for hydroxylation is 1. The number of amides is 3. The summed E-state index contributed by atoms with van der Waals surface area (Å²) in [6, 6.07) is 11.1. The first-order valence-electron chi connectivity index (χ1n) is 10.1. The zero-order chi connectivity index (χ0) is 22.5. The largest absolute Gasteiger partial charge is 0.349 e. The van der Waals surface area contributed by atoms with E-state index in [9.17, 15) is 18.8 Å². The third-order valence-electron chi connectivity index (χ3n) is 5.31. The second-order valence-corrected chi connectivity index (χ2v) is 8.10. The van der Waals surface area contributed by atoms with Crippen molar-refractivity contribution in [2.24, 2.45) is 0 Å². The van der Waals surface area contributed by atoms with E-state index in [1.54, 1.807) is 4.90 Å². The lowest BCUT2D eigenvalue weighted by molar-refractivity contribution is -0.133. The van der Waals surface area contributed by atoms with Crippen LogP contribution >= 0.6 is 11.6 Å². The molecule has 2 aromatic carbocycles. The Kier molecular flexibility index (Phi) is 7.28. The smallest absolute Gasteiger partial charge is 0.257 e. The topological polar surface area (TPSA) is 69.7 Å². The minimum atomic E-state index is -0.621. The van der Waals surface area contributed by atoms with E-state index >= 15 is 0 Å². The van der Waals surface area contributed by atoms with Crippen LogP contribution in [0.15, 0.2) is 42.5 Å². The normalized spacial score (nSPS) is 14.8. The first kappa shape index (κ1) is 22.7. The van der Waals surface area contributed by atoms with Crippen molar-refractivity contribution in [2.75, 3.05) is 26.2 Å². The van der Waals surface area contributed by atoms with Gasteiger partial charge in [0.25, 0.3) is 5.91 Å². The summed E-state index contributed by atoms with van der Waals surface area (Å²) in [4.78, 5) is 40.3. The number of carbonyl (C=O) groups excluding carboxylic acids is 3. The first-order chi connectivity index (χ1) is 14.7. The summed E-state index contributed by atoms with van der Waals surface area (Å²) in [6.45, 7) is 4.67. The van der Waals surface area contributed by atoms with Gasteiger partial charge in [0.15, 0.2) is 0 Å². The Bertz CT molecular complexity index is 973. The fraction of sp³-hybridized carbons (Fsp3) is 0.348. The maximum Gasteiger partial charge on any atom is 0.257 e. The lowest BCUT2D eigenvalue weighted by Crippen LogP contribution is -2.51. The number of nitrogens with zero attached hydrogens (tertiary/aromatic N) is 2. The second kappa shape index (κ2) is 9.92. The van der Waals surface area contributed by atoms with Crippen LogP contribution in [0.25, 0.3) is 0 Å². The third kappa shape index (κ3) is 5.82. The number of carbonyl (C=O) groups is 3. The molecule has 0 aromatic heterocycles. The summed E-state index contributed by atoms with van der Waals surface area (Å²) in [5.74, 6) is -1.38. The summed E-state index contributed by atoms with van der Waals surface area (Å²) in [7, 11) is 0. The Labute approximate surface area is 186 Å². The molecular weight excluding hydrogens is 421 g/mol. The molecule has 1 aliphatic rings. The summed E-state index contributed by atoms with van der Waals surface area (Å²) < 4.78 is 14.0. The van der Waals surface area contributed by atoms with Gasteiger partial charge in [-0.25, -0.2) is 4.39 Å². The SMILES string of the molecule is CC(=O)NC(CC(=O)N1CCN(C(=O)c2cc(Cl)ccc2F)CC1)c1ccc(C)cc1. The number of rotatable bonds is 5. The van der Waals surface area contributed by atoms with Crippen LogP contribution in [-0.4, -0.2) is 53.7 Å². The Hall–Kier alpha value is -2.93. The molecule has 1 atom stereocenters. The van der Waals surface area contributed by atoms with Crippen molar-refractivity contribution in [3.63, 3.8) is 0 Å². The molecule has 1 aliphatic heterocycles. The van der Waals surface area contributed by atoms with E-state index in [0.29, 0.717) is 31.2 Å². The molecule has 0 aliphatic carbocycles. The zero-order valence-electron chi connectivity index (χ0n) is 17.5. The highest BCUT2D eigenvalue weighted by molar-refractivity contribution is 6.31. The molecular formula is C23H25ClFN3O3. The van der Waals surface area contributed by atoms with E-state index in [-0.39, 0.29) is 23.8 Å². The second-order valence-electron chi connectivity index (χ2n) is 7.67. The Morgan fingerprint density at radius 3 is 2.26 bits per heavy atom. The van der Waals surface area contributed by atoms with Gasteiger partial charge in [-0.3, -0.25) is 14.4 Å². The van der Waals surface area contributed by atoms with Crippen LogP contribution < -0.4 is 5.32 Å². The molecule has 1 heterocycles. The molecule has 0 bridgehead atoms. The molecule has 1 N–H and O–H groups in total. The highest BCUT2D eigenvalue weighted by atomic mass is 35.5. The lowest BCUT2D eigenvalue weighted by atomic mass is 10.0. The minimum Gasteiger partial charge on any atom is -0.349 e. The summed E-state index contributed by atoms with van der Waals surface area (Å²) in [5.41, 5.74) is 1.88. The highest BCUT2D eigenvalue weighted by Crippen LogP contribution is 2.21. The van der Waals surface area contributed by atoms with Gasteiger partial charge in [-0.2, -0.15) is 0 Å². The number of piperazine rings is 1. The molecule has 3 rings (SSSR count). The summed E-state index contributed by atoms with van der Waals surface area (Å²) >= 11 is 5.89. The number of nitrogens with one attached hydrogen (secondary N) is 1. The van der Waals surface area contributed by atoms with Crippen LogP contribution in [0.1, 0.15) is 40.9 Å². The number of halogens is 2. The van der Waals surface area contributed by atoms with Crippen LogP contribution in [-0.2, 0) is 9.59 Å². The average Bonchev–Trinajstić information content (AvgIpc) is 2.75. The molecule has 164 valence electrons. The van der Waals surface area contributed by atoms with Crippen LogP contribution in [0, 0.1) is 12.7 Å². The minimum absolute atomic E-state index is 0.0719. The van der Waals surface area contributed by atoms with E-state index < -0.39 is 17.8 Å². The van der Waals surface area contributed by atoms with E-state index in [1.807, 2.05) is 31.2 Å². The van der Waals surface area contributed by atoms with Gasteiger partial charge in [0, 0.05) is 38.1 Å². The molecule has 8 heteroatoms. The van der Waals surface area contributed by atoms with Crippen molar-refractivity contribution in [1.82, 2.24) is 15.1 Å². The van der Waals surface area contributed by atoms with Crippen LogP contribution in [0.3, 0.4) is 0 Å². The highest BCUT2D eigenvalue weighted by Gasteiger charge is 2.28. The number of hydrogen-bond acceptors (Lipinski definition) is 3. The molecule has 0 spiro atoms. The average molecular weight is 446 g/mol. The monoisotopic (exact) mass is 445 g/mol. The molecule has 0 radical (unpaired) electrons. The van der Waals surface area contributed by atoms with Crippen molar-refractivity contribution in [1.29, 1.82) is 0 Å². The van der Waals surface area contributed by atoms with Gasteiger partial charge in [-0.05, 0) is 30.7 Å². The van der Waals surface area contributed by atoms with E-state index in [4.69, 9.17) is 11.6 Å². The first-order valence-corrected chi connectivity index (χ1v) is 10.5. The van der Waals surface area contributed by atoms with Crippen molar-refractivity contribution in [2.45, 2.75) is 26.3 Å². The maximum atomic E-state index is 14.0. The molecule has 1 unspecified atom stereocenters. The maximum absolute atomic E-state index is 14.0. The zero-order valence-corrected chi connectivity index (χ0v) is 18.3. The van der Waals surface area contributed by atoms with E-state index in [1.165, 1.54) is 30.0 Å². The quantitative estimate of drug-likeness (QED) is 0.767. The Morgan fingerprint density at radius 2 is 1.65 bits per heavy atom. The van der Waals surface area contributed by atoms with Crippen LogP contribution in [0.4, 0.5) is 4.39 Å².